The van der Waals surface area contributed by atoms with E-state index >= 15 is 0 Å². The first kappa shape index (κ1) is 11.1. The molecule has 6 nitrogen and oxygen atoms in total. The summed E-state index contributed by atoms with van der Waals surface area (Å²) in [5.74, 6) is 0.626. The van der Waals surface area contributed by atoms with Crippen LogP contribution in [0.5, 0.6) is 0 Å². The smallest absolute Gasteiger partial charge is 0.292 e. The molecular weight excluding hydrogens is 222 g/mol. The number of aromatic nitrogens is 1. The molecule has 0 spiro atoms. The Morgan fingerprint density at radius 2 is 2.12 bits per heavy atom. The maximum Gasteiger partial charge on any atom is 0.292 e. The van der Waals surface area contributed by atoms with E-state index in [9.17, 15) is 10.1 Å². The lowest BCUT2D eigenvalue weighted by Crippen LogP contribution is -1.96. The van der Waals surface area contributed by atoms with Crippen LogP contribution in [0.2, 0.25) is 0 Å². The number of rotatable bonds is 2. The molecule has 88 valence electrons. The summed E-state index contributed by atoms with van der Waals surface area (Å²) in [4.78, 5) is 10.3. The SMILES string of the molecule is Cc1noc(C)c1-c1ccc(N)c([N+](=O)[O-])c1. The van der Waals surface area contributed by atoms with Crippen LogP contribution in [0.15, 0.2) is 22.7 Å². The highest BCUT2D eigenvalue weighted by Gasteiger charge is 2.17. The first-order valence-corrected chi connectivity index (χ1v) is 4.98. The first-order valence-electron chi connectivity index (χ1n) is 4.98. The normalized spacial score (nSPS) is 10.5. The molecule has 2 rings (SSSR count). The van der Waals surface area contributed by atoms with Crippen LogP contribution in [0, 0.1) is 24.0 Å². The van der Waals surface area contributed by atoms with Gasteiger partial charge in [-0.05, 0) is 25.5 Å². The highest BCUT2D eigenvalue weighted by atomic mass is 16.6. The molecule has 0 aliphatic heterocycles. The lowest BCUT2D eigenvalue weighted by molar-refractivity contribution is -0.383. The molecular formula is C11H11N3O3. The zero-order chi connectivity index (χ0) is 12.6. The zero-order valence-corrected chi connectivity index (χ0v) is 9.43. The van der Waals surface area contributed by atoms with Gasteiger partial charge in [-0.25, -0.2) is 0 Å². The van der Waals surface area contributed by atoms with Crippen LogP contribution in [0.4, 0.5) is 11.4 Å². The molecule has 6 heteroatoms. The van der Waals surface area contributed by atoms with Crippen LogP contribution < -0.4 is 5.73 Å². The van der Waals surface area contributed by atoms with E-state index < -0.39 is 4.92 Å². The summed E-state index contributed by atoms with van der Waals surface area (Å²) in [7, 11) is 0. The van der Waals surface area contributed by atoms with Gasteiger partial charge in [0.15, 0.2) is 0 Å². The fraction of sp³-hybridized carbons (Fsp3) is 0.182. The maximum absolute atomic E-state index is 10.8. The lowest BCUT2D eigenvalue weighted by Gasteiger charge is -2.02. The van der Waals surface area contributed by atoms with Gasteiger partial charge in [-0.15, -0.1) is 0 Å². The third kappa shape index (κ3) is 1.84. The standard InChI is InChI=1S/C11H11N3O3/c1-6-11(7(2)17-13-6)8-3-4-9(12)10(5-8)14(15)16/h3-5H,12H2,1-2H3. The monoisotopic (exact) mass is 233 g/mol. The highest BCUT2D eigenvalue weighted by molar-refractivity contribution is 5.74. The molecule has 0 atom stereocenters. The van der Waals surface area contributed by atoms with Crippen molar-refractivity contribution in [3.63, 3.8) is 0 Å². The predicted molar refractivity (Wildman–Crippen MR) is 62.5 cm³/mol. The van der Waals surface area contributed by atoms with Crippen molar-refractivity contribution in [2.75, 3.05) is 5.73 Å². The van der Waals surface area contributed by atoms with Crippen LogP contribution in [0.1, 0.15) is 11.5 Å². The van der Waals surface area contributed by atoms with E-state index in [1.165, 1.54) is 12.1 Å². The molecule has 0 saturated heterocycles. The topological polar surface area (TPSA) is 95.2 Å². The van der Waals surface area contributed by atoms with Crippen molar-refractivity contribution in [2.24, 2.45) is 0 Å². The van der Waals surface area contributed by atoms with Crippen molar-refractivity contribution < 1.29 is 9.45 Å². The summed E-state index contributed by atoms with van der Waals surface area (Å²) in [5, 5.41) is 14.6. The van der Waals surface area contributed by atoms with Gasteiger partial charge in [-0.1, -0.05) is 11.2 Å². The molecule has 0 fully saturated rings. The first-order chi connectivity index (χ1) is 8.00. The van der Waals surface area contributed by atoms with Crippen LogP contribution in [-0.2, 0) is 0 Å². The Labute approximate surface area is 97.2 Å². The van der Waals surface area contributed by atoms with E-state index in [0.29, 0.717) is 17.0 Å². The highest BCUT2D eigenvalue weighted by Crippen LogP contribution is 2.32. The Hall–Kier alpha value is -2.37. The molecule has 1 aromatic heterocycles. The van der Waals surface area contributed by atoms with E-state index in [1.54, 1.807) is 19.9 Å². The Kier molecular flexibility index (Phi) is 2.55. The minimum absolute atomic E-state index is 0.109. The maximum atomic E-state index is 10.8. The molecule has 17 heavy (non-hydrogen) atoms. The van der Waals surface area contributed by atoms with E-state index in [4.69, 9.17) is 10.3 Å². The third-order valence-electron chi connectivity index (χ3n) is 2.55. The molecule has 0 aliphatic carbocycles. The van der Waals surface area contributed by atoms with Gasteiger partial charge in [0.2, 0.25) is 0 Å². The summed E-state index contributed by atoms with van der Waals surface area (Å²) in [6, 6.07) is 4.66. The van der Waals surface area contributed by atoms with E-state index in [2.05, 4.69) is 5.16 Å². The molecule has 0 amide bonds. The summed E-state index contributed by atoms with van der Waals surface area (Å²) in [6.45, 7) is 3.55. The van der Waals surface area contributed by atoms with E-state index in [-0.39, 0.29) is 11.4 Å². The third-order valence-corrected chi connectivity index (χ3v) is 2.55. The zero-order valence-electron chi connectivity index (χ0n) is 9.43. The Morgan fingerprint density at radius 3 is 2.65 bits per heavy atom. The van der Waals surface area contributed by atoms with Gasteiger partial charge in [0.1, 0.15) is 11.4 Å². The number of benzene rings is 1. The largest absolute Gasteiger partial charge is 0.393 e. The number of anilines is 1. The number of nitrogens with zero attached hydrogens (tertiary/aromatic N) is 2. The average molecular weight is 233 g/mol. The molecule has 0 saturated carbocycles. The predicted octanol–water partition coefficient (Wildman–Crippen LogP) is 2.45. The Morgan fingerprint density at radius 1 is 1.41 bits per heavy atom. The Balaban J connectivity index is 2.62. The number of nitro benzene ring substituents is 1. The number of aryl methyl sites for hydroxylation is 2. The van der Waals surface area contributed by atoms with Gasteiger partial charge < -0.3 is 10.3 Å². The molecule has 0 radical (unpaired) electrons. The second-order valence-corrected chi connectivity index (χ2v) is 3.73. The van der Waals surface area contributed by atoms with Crippen molar-refractivity contribution in [2.45, 2.75) is 13.8 Å². The van der Waals surface area contributed by atoms with Gasteiger partial charge in [0, 0.05) is 11.6 Å². The van der Waals surface area contributed by atoms with Crippen LogP contribution in [-0.4, -0.2) is 10.1 Å². The second-order valence-electron chi connectivity index (χ2n) is 3.73. The molecule has 2 aromatic rings. The summed E-state index contributed by atoms with van der Waals surface area (Å²) >= 11 is 0. The summed E-state index contributed by atoms with van der Waals surface area (Å²) < 4.78 is 5.03. The van der Waals surface area contributed by atoms with E-state index in [1.807, 2.05) is 0 Å². The summed E-state index contributed by atoms with van der Waals surface area (Å²) in [6.07, 6.45) is 0. The lowest BCUT2D eigenvalue weighted by atomic mass is 10.0. The molecule has 0 bridgehead atoms. The fourth-order valence-electron chi connectivity index (χ4n) is 1.75. The summed E-state index contributed by atoms with van der Waals surface area (Å²) in [5.41, 5.74) is 7.72. The fourth-order valence-corrected chi connectivity index (χ4v) is 1.75. The average Bonchev–Trinajstić information content (AvgIpc) is 2.59. The van der Waals surface area contributed by atoms with E-state index in [0.717, 1.165) is 5.56 Å². The second kappa shape index (κ2) is 3.89. The quantitative estimate of drug-likeness (QED) is 0.488. The van der Waals surface area contributed by atoms with Crippen molar-refractivity contribution >= 4 is 11.4 Å². The Bertz CT molecular complexity index is 570. The van der Waals surface area contributed by atoms with Gasteiger partial charge in [0.25, 0.3) is 5.69 Å². The minimum Gasteiger partial charge on any atom is -0.393 e. The van der Waals surface area contributed by atoms with Crippen molar-refractivity contribution in [1.82, 2.24) is 5.16 Å². The van der Waals surface area contributed by atoms with Gasteiger partial charge in [0.05, 0.1) is 10.6 Å². The molecule has 1 aromatic carbocycles. The van der Waals surface area contributed by atoms with Crippen LogP contribution >= 0.6 is 0 Å². The van der Waals surface area contributed by atoms with Crippen LogP contribution in [0.25, 0.3) is 11.1 Å². The molecule has 1 heterocycles. The molecule has 0 unspecified atom stereocenters. The molecule has 0 aliphatic rings. The van der Waals surface area contributed by atoms with Gasteiger partial charge >= 0.3 is 0 Å². The number of nitro groups is 1. The molecule has 2 N–H and O–H groups in total. The van der Waals surface area contributed by atoms with Crippen molar-refractivity contribution in [3.8, 4) is 11.1 Å². The van der Waals surface area contributed by atoms with Gasteiger partial charge in [-0.2, -0.15) is 0 Å². The number of hydrogen-bond acceptors (Lipinski definition) is 5. The van der Waals surface area contributed by atoms with Gasteiger partial charge in [-0.3, -0.25) is 10.1 Å². The number of nitrogens with two attached hydrogens (primary N) is 1. The minimum atomic E-state index is -0.503. The van der Waals surface area contributed by atoms with Crippen LogP contribution in [0.3, 0.4) is 0 Å². The van der Waals surface area contributed by atoms with Crippen molar-refractivity contribution in [1.29, 1.82) is 0 Å². The number of nitrogen functional groups attached to an aromatic ring is 1. The van der Waals surface area contributed by atoms with Crippen molar-refractivity contribution in [3.05, 3.63) is 39.8 Å². The number of hydrogen-bond donors (Lipinski definition) is 1.